The fourth-order valence-electron chi connectivity index (χ4n) is 2.28. The Balaban J connectivity index is 2.09. The molecule has 0 saturated carbocycles. The van der Waals surface area contributed by atoms with Crippen molar-refractivity contribution in [2.75, 3.05) is 24.5 Å². The first kappa shape index (κ1) is 11.5. The van der Waals surface area contributed by atoms with Crippen molar-refractivity contribution in [1.82, 2.24) is 5.32 Å². The van der Waals surface area contributed by atoms with Gasteiger partial charge < -0.3 is 10.2 Å². The van der Waals surface area contributed by atoms with Crippen molar-refractivity contribution in [2.45, 2.75) is 32.7 Å². The van der Waals surface area contributed by atoms with Gasteiger partial charge in [-0.25, -0.2) is 0 Å². The van der Waals surface area contributed by atoms with Crippen LogP contribution in [-0.4, -0.2) is 25.7 Å². The number of rotatable bonds is 2. The van der Waals surface area contributed by atoms with E-state index < -0.39 is 0 Å². The molecule has 1 aromatic rings. The van der Waals surface area contributed by atoms with Gasteiger partial charge in [0.2, 0.25) is 0 Å². The van der Waals surface area contributed by atoms with E-state index in [-0.39, 0.29) is 0 Å². The van der Waals surface area contributed by atoms with Crippen LogP contribution in [0.5, 0.6) is 0 Å². The Morgan fingerprint density at radius 1 is 1.31 bits per heavy atom. The monoisotopic (exact) mass is 218 g/mol. The Morgan fingerprint density at radius 3 is 2.75 bits per heavy atom. The Morgan fingerprint density at radius 2 is 2.06 bits per heavy atom. The van der Waals surface area contributed by atoms with Crippen LogP contribution in [0.2, 0.25) is 0 Å². The van der Waals surface area contributed by atoms with E-state index in [9.17, 15) is 0 Å². The molecular formula is C14H22N2. The smallest absolute Gasteiger partial charge is 0.0366 e. The molecule has 1 aliphatic rings. The highest BCUT2D eigenvalue weighted by Gasteiger charge is 2.13. The van der Waals surface area contributed by atoms with E-state index in [0.717, 1.165) is 19.5 Å². The quantitative estimate of drug-likeness (QED) is 0.820. The molecule has 0 spiro atoms. The molecule has 0 aliphatic carbocycles. The third-order valence-electron chi connectivity index (χ3n) is 3.30. The lowest BCUT2D eigenvalue weighted by atomic mass is 10.1. The topological polar surface area (TPSA) is 15.3 Å². The molecule has 2 nitrogen and oxygen atoms in total. The van der Waals surface area contributed by atoms with Crippen LogP contribution in [-0.2, 0) is 6.42 Å². The molecule has 1 aromatic carbocycles. The maximum absolute atomic E-state index is 3.53. The van der Waals surface area contributed by atoms with Gasteiger partial charge in [-0.05, 0) is 44.0 Å². The molecular weight excluding hydrogens is 196 g/mol. The zero-order chi connectivity index (χ0) is 11.4. The van der Waals surface area contributed by atoms with Crippen molar-refractivity contribution >= 4 is 5.69 Å². The van der Waals surface area contributed by atoms with Crippen LogP contribution in [0.1, 0.15) is 25.8 Å². The summed E-state index contributed by atoms with van der Waals surface area (Å²) in [6.45, 7) is 7.89. The lowest BCUT2D eigenvalue weighted by Crippen LogP contribution is -2.35. The van der Waals surface area contributed by atoms with E-state index >= 15 is 0 Å². The summed E-state index contributed by atoms with van der Waals surface area (Å²) in [5.41, 5.74) is 2.79. The minimum Gasteiger partial charge on any atom is -0.370 e. The first-order valence-corrected chi connectivity index (χ1v) is 6.37. The Kier molecular flexibility index (Phi) is 3.83. The fourth-order valence-corrected chi connectivity index (χ4v) is 2.28. The van der Waals surface area contributed by atoms with Gasteiger partial charge in [0.1, 0.15) is 0 Å². The molecule has 1 aliphatic heterocycles. The molecule has 1 saturated heterocycles. The second-order valence-corrected chi connectivity index (χ2v) is 4.67. The molecule has 1 heterocycles. The van der Waals surface area contributed by atoms with Gasteiger partial charge in [0.15, 0.2) is 0 Å². The molecule has 1 atom stereocenters. The number of nitrogens with one attached hydrogen (secondary N) is 1. The Hall–Kier alpha value is -1.02. The zero-order valence-electron chi connectivity index (χ0n) is 10.4. The normalized spacial score (nSPS) is 21.9. The number of hydrogen-bond acceptors (Lipinski definition) is 2. The summed E-state index contributed by atoms with van der Waals surface area (Å²) in [4.78, 5) is 2.49. The van der Waals surface area contributed by atoms with E-state index in [1.807, 2.05) is 0 Å². The third-order valence-corrected chi connectivity index (χ3v) is 3.30. The van der Waals surface area contributed by atoms with Crippen molar-refractivity contribution in [2.24, 2.45) is 0 Å². The summed E-state index contributed by atoms with van der Waals surface area (Å²) >= 11 is 0. The van der Waals surface area contributed by atoms with Gasteiger partial charge in [-0.2, -0.15) is 0 Å². The van der Waals surface area contributed by atoms with Crippen LogP contribution >= 0.6 is 0 Å². The third kappa shape index (κ3) is 2.76. The highest BCUT2D eigenvalue weighted by molar-refractivity contribution is 5.48. The van der Waals surface area contributed by atoms with E-state index in [4.69, 9.17) is 0 Å². The molecule has 2 rings (SSSR count). The SMILES string of the molecule is CCc1ccc(N2CCCNC(C)C2)cc1. The first-order chi connectivity index (χ1) is 7.79. The number of aryl methyl sites for hydroxylation is 1. The number of nitrogens with zero attached hydrogens (tertiary/aromatic N) is 1. The van der Waals surface area contributed by atoms with E-state index in [0.29, 0.717) is 6.04 Å². The van der Waals surface area contributed by atoms with Crippen molar-refractivity contribution in [3.8, 4) is 0 Å². The number of hydrogen-bond donors (Lipinski definition) is 1. The second kappa shape index (κ2) is 5.35. The van der Waals surface area contributed by atoms with Crippen LogP contribution in [0.4, 0.5) is 5.69 Å². The summed E-state index contributed by atoms with van der Waals surface area (Å²) in [7, 11) is 0. The molecule has 0 radical (unpaired) electrons. The maximum atomic E-state index is 3.53. The molecule has 88 valence electrons. The standard InChI is InChI=1S/C14H22N2/c1-3-13-5-7-14(8-6-13)16-10-4-9-15-12(2)11-16/h5-8,12,15H,3-4,9-11H2,1-2H3. The van der Waals surface area contributed by atoms with Gasteiger partial charge >= 0.3 is 0 Å². The molecule has 0 bridgehead atoms. The molecule has 1 N–H and O–H groups in total. The zero-order valence-corrected chi connectivity index (χ0v) is 10.4. The summed E-state index contributed by atoms with van der Waals surface area (Å²) in [6, 6.07) is 9.61. The van der Waals surface area contributed by atoms with Gasteiger partial charge in [-0.3, -0.25) is 0 Å². The predicted molar refractivity (Wildman–Crippen MR) is 70.1 cm³/mol. The lowest BCUT2D eigenvalue weighted by Gasteiger charge is -2.25. The van der Waals surface area contributed by atoms with E-state index in [2.05, 4.69) is 48.3 Å². The molecule has 2 heteroatoms. The molecule has 1 fully saturated rings. The van der Waals surface area contributed by atoms with Gasteiger partial charge in [-0.1, -0.05) is 19.1 Å². The first-order valence-electron chi connectivity index (χ1n) is 6.37. The molecule has 1 unspecified atom stereocenters. The van der Waals surface area contributed by atoms with Gasteiger partial charge in [0.25, 0.3) is 0 Å². The van der Waals surface area contributed by atoms with E-state index in [1.165, 1.54) is 24.2 Å². The van der Waals surface area contributed by atoms with Gasteiger partial charge in [0.05, 0.1) is 0 Å². The van der Waals surface area contributed by atoms with Crippen LogP contribution in [0, 0.1) is 0 Å². The number of benzene rings is 1. The predicted octanol–water partition coefficient (Wildman–Crippen LogP) is 2.44. The van der Waals surface area contributed by atoms with Crippen LogP contribution in [0.15, 0.2) is 24.3 Å². The van der Waals surface area contributed by atoms with Crippen molar-refractivity contribution in [3.63, 3.8) is 0 Å². The second-order valence-electron chi connectivity index (χ2n) is 4.67. The molecule has 0 amide bonds. The average molecular weight is 218 g/mol. The summed E-state index contributed by atoms with van der Waals surface area (Å²) in [6.07, 6.45) is 2.36. The maximum Gasteiger partial charge on any atom is 0.0366 e. The Bertz CT molecular complexity index is 318. The van der Waals surface area contributed by atoms with Gasteiger partial charge in [0, 0.05) is 24.8 Å². The Labute approximate surface area is 98.7 Å². The molecule has 0 aromatic heterocycles. The van der Waals surface area contributed by atoms with Crippen LogP contribution in [0.3, 0.4) is 0 Å². The lowest BCUT2D eigenvalue weighted by molar-refractivity contribution is 0.585. The number of anilines is 1. The molecule has 16 heavy (non-hydrogen) atoms. The van der Waals surface area contributed by atoms with Crippen LogP contribution < -0.4 is 10.2 Å². The largest absolute Gasteiger partial charge is 0.370 e. The summed E-state index contributed by atoms with van der Waals surface area (Å²) < 4.78 is 0. The van der Waals surface area contributed by atoms with Crippen LogP contribution in [0.25, 0.3) is 0 Å². The van der Waals surface area contributed by atoms with Crippen molar-refractivity contribution in [1.29, 1.82) is 0 Å². The average Bonchev–Trinajstić information content (AvgIpc) is 2.54. The minimum absolute atomic E-state index is 0.591. The fraction of sp³-hybridized carbons (Fsp3) is 0.571. The summed E-state index contributed by atoms with van der Waals surface area (Å²) in [5, 5.41) is 3.53. The van der Waals surface area contributed by atoms with E-state index in [1.54, 1.807) is 0 Å². The minimum atomic E-state index is 0.591. The van der Waals surface area contributed by atoms with Crippen molar-refractivity contribution in [3.05, 3.63) is 29.8 Å². The highest BCUT2D eigenvalue weighted by Crippen LogP contribution is 2.17. The highest BCUT2D eigenvalue weighted by atomic mass is 15.2. The van der Waals surface area contributed by atoms with Crippen molar-refractivity contribution < 1.29 is 0 Å². The summed E-state index contributed by atoms with van der Waals surface area (Å²) in [5.74, 6) is 0. The van der Waals surface area contributed by atoms with Gasteiger partial charge in [-0.15, -0.1) is 0 Å².